The van der Waals surface area contributed by atoms with Gasteiger partial charge in [0.15, 0.2) is 5.76 Å². The van der Waals surface area contributed by atoms with Gasteiger partial charge < -0.3 is 19.0 Å². The number of nitrogens with zero attached hydrogens (tertiary/aromatic N) is 1. The first-order valence-electron chi connectivity index (χ1n) is 7.81. The lowest BCUT2D eigenvalue weighted by atomic mass is 10.2. The van der Waals surface area contributed by atoms with Crippen LogP contribution in [0.5, 0.6) is 5.75 Å². The van der Waals surface area contributed by atoms with Gasteiger partial charge in [0.25, 0.3) is 11.5 Å². The highest BCUT2D eigenvalue weighted by Gasteiger charge is 2.12. The summed E-state index contributed by atoms with van der Waals surface area (Å²) in [6, 6.07) is 15.7. The minimum Gasteiger partial charge on any atom is -0.496 e. The predicted octanol–water partition coefficient (Wildman–Crippen LogP) is 2.43. The topological polar surface area (TPSA) is 73.5 Å². The molecule has 0 saturated carbocycles. The zero-order chi connectivity index (χ0) is 17.6. The highest BCUT2D eigenvalue weighted by Crippen LogP contribution is 2.17. The number of aromatic nitrogens is 1. The molecule has 0 aliphatic carbocycles. The molecule has 0 aliphatic rings. The van der Waals surface area contributed by atoms with E-state index < -0.39 is 0 Å². The Bertz CT molecular complexity index is 927. The van der Waals surface area contributed by atoms with Crippen molar-refractivity contribution in [3.05, 3.63) is 88.2 Å². The quantitative estimate of drug-likeness (QED) is 0.749. The molecule has 3 rings (SSSR count). The number of ether oxygens (including phenoxy) is 1. The molecule has 0 unspecified atom stereocenters. The van der Waals surface area contributed by atoms with Crippen LogP contribution >= 0.6 is 0 Å². The van der Waals surface area contributed by atoms with Crippen LogP contribution in [-0.4, -0.2) is 17.6 Å². The van der Waals surface area contributed by atoms with Gasteiger partial charge in [-0.05, 0) is 24.3 Å². The molecular formula is C19H18N2O4. The molecular weight excluding hydrogens is 320 g/mol. The Balaban J connectivity index is 1.65. The van der Waals surface area contributed by atoms with Crippen LogP contribution in [0.1, 0.15) is 21.9 Å². The van der Waals surface area contributed by atoms with E-state index in [1.54, 1.807) is 37.6 Å². The first kappa shape index (κ1) is 16.6. The predicted molar refractivity (Wildman–Crippen MR) is 92.7 cm³/mol. The molecule has 0 aliphatic heterocycles. The minimum absolute atomic E-state index is 0.124. The first-order chi connectivity index (χ1) is 12.2. The van der Waals surface area contributed by atoms with Crippen molar-refractivity contribution in [2.45, 2.75) is 13.1 Å². The van der Waals surface area contributed by atoms with Crippen molar-refractivity contribution < 1.29 is 13.9 Å². The van der Waals surface area contributed by atoms with Crippen molar-refractivity contribution in [1.82, 2.24) is 9.88 Å². The van der Waals surface area contributed by atoms with Gasteiger partial charge in [0.2, 0.25) is 0 Å². The van der Waals surface area contributed by atoms with Gasteiger partial charge in [0.05, 0.1) is 13.7 Å². The number of hydrogen-bond donors (Lipinski definition) is 1. The van der Waals surface area contributed by atoms with Crippen molar-refractivity contribution >= 4 is 5.91 Å². The second-order valence-corrected chi connectivity index (χ2v) is 5.43. The Morgan fingerprint density at radius 1 is 1.12 bits per heavy atom. The van der Waals surface area contributed by atoms with Crippen LogP contribution in [0.25, 0.3) is 0 Å². The summed E-state index contributed by atoms with van der Waals surface area (Å²) in [5.41, 5.74) is 0.752. The molecule has 3 aromatic rings. The van der Waals surface area contributed by atoms with Crippen LogP contribution in [0.3, 0.4) is 0 Å². The number of amides is 1. The summed E-state index contributed by atoms with van der Waals surface area (Å²) in [5, 5.41) is 2.80. The minimum atomic E-state index is -0.322. The average Bonchev–Trinajstić information content (AvgIpc) is 3.10. The van der Waals surface area contributed by atoms with Gasteiger partial charge in [-0.15, -0.1) is 0 Å². The van der Waals surface area contributed by atoms with E-state index in [4.69, 9.17) is 9.15 Å². The maximum Gasteiger partial charge on any atom is 0.287 e. The summed E-state index contributed by atoms with van der Waals surface area (Å²) < 4.78 is 12.3. The number of para-hydroxylation sites is 1. The van der Waals surface area contributed by atoms with E-state index in [9.17, 15) is 9.59 Å². The Kier molecular flexibility index (Phi) is 4.99. The number of carbonyl (C=O) groups excluding carboxylic acids is 1. The number of pyridine rings is 1. The first-order valence-corrected chi connectivity index (χ1v) is 7.81. The van der Waals surface area contributed by atoms with Crippen LogP contribution in [0.15, 0.2) is 70.0 Å². The van der Waals surface area contributed by atoms with Crippen molar-refractivity contribution in [3.8, 4) is 5.75 Å². The Labute approximate surface area is 144 Å². The second-order valence-electron chi connectivity index (χ2n) is 5.43. The maximum atomic E-state index is 12.2. The van der Waals surface area contributed by atoms with Gasteiger partial charge in [-0.1, -0.05) is 24.3 Å². The van der Waals surface area contributed by atoms with Crippen LogP contribution in [0.4, 0.5) is 0 Å². The second kappa shape index (κ2) is 7.53. The summed E-state index contributed by atoms with van der Waals surface area (Å²) in [6.45, 7) is 0.608. The lowest BCUT2D eigenvalue weighted by Crippen LogP contribution is -2.22. The standard InChI is InChI=1S/C19H18N2O4/c1-24-16-7-3-2-6-14(16)12-20-19(23)17-10-9-15(25-17)13-21-11-5-4-8-18(21)22/h2-11H,12-13H2,1H3,(H,20,23). The molecule has 25 heavy (non-hydrogen) atoms. The maximum absolute atomic E-state index is 12.2. The van der Waals surface area contributed by atoms with Crippen LogP contribution in [-0.2, 0) is 13.1 Å². The van der Waals surface area contributed by atoms with Gasteiger partial charge in [0, 0.05) is 24.4 Å². The van der Waals surface area contributed by atoms with Crippen LogP contribution in [0, 0.1) is 0 Å². The smallest absolute Gasteiger partial charge is 0.287 e. The van der Waals surface area contributed by atoms with Crippen LogP contribution in [0.2, 0.25) is 0 Å². The summed E-state index contributed by atoms with van der Waals surface area (Å²) in [5.74, 6) is 1.13. The highest BCUT2D eigenvalue weighted by atomic mass is 16.5. The molecule has 2 aromatic heterocycles. The molecule has 0 saturated heterocycles. The Hall–Kier alpha value is -3.28. The van der Waals surface area contributed by atoms with Crippen molar-refractivity contribution in [2.24, 2.45) is 0 Å². The Morgan fingerprint density at radius 3 is 2.72 bits per heavy atom. The molecule has 2 heterocycles. The van der Waals surface area contributed by atoms with Gasteiger partial charge >= 0.3 is 0 Å². The van der Waals surface area contributed by atoms with Crippen molar-refractivity contribution in [3.63, 3.8) is 0 Å². The van der Waals surface area contributed by atoms with Gasteiger partial charge in [-0.3, -0.25) is 9.59 Å². The zero-order valence-electron chi connectivity index (χ0n) is 13.8. The molecule has 6 nitrogen and oxygen atoms in total. The van der Waals surface area contributed by atoms with Crippen molar-refractivity contribution in [2.75, 3.05) is 7.11 Å². The van der Waals surface area contributed by atoms with E-state index in [1.165, 1.54) is 10.6 Å². The summed E-state index contributed by atoms with van der Waals surface area (Å²) in [7, 11) is 1.59. The number of furan rings is 1. The molecule has 0 radical (unpaired) electrons. The van der Waals surface area contributed by atoms with E-state index in [1.807, 2.05) is 24.3 Å². The SMILES string of the molecule is COc1ccccc1CNC(=O)c1ccc(Cn2ccccc2=O)o1. The summed E-state index contributed by atoms with van der Waals surface area (Å²) in [4.78, 5) is 24.0. The molecule has 1 N–H and O–H groups in total. The number of carbonyl (C=O) groups is 1. The van der Waals surface area contributed by atoms with E-state index in [0.29, 0.717) is 18.1 Å². The highest BCUT2D eigenvalue weighted by molar-refractivity contribution is 5.91. The third-order valence-electron chi connectivity index (χ3n) is 3.74. The zero-order valence-corrected chi connectivity index (χ0v) is 13.8. The van der Waals surface area contributed by atoms with E-state index in [0.717, 1.165) is 5.56 Å². The largest absolute Gasteiger partial charge is 0.496 e. The molecule has 0 fully saturated rings. The monoisotopic (exact) mass is 338 g/mol. The lowest BCUT2D eigenvalue weighted by molar-refractivity contribution is 0.0921. The Morgan fingerprint density at radius 2 is 1.92 bits per heavy atom. The summed E-state index contributed by atoms with van der Waals surface area (Å²) >= 11 is 0. The molecule has 0 spiro atoms. The van der Waals surface area contributed by atoms with E-state index >= 15 is 0 Å². The fraction of sp³-hybridized carbons (Fsp3) is 0.158. The number of benzene rings is 1. The number of rotatable bonds is 6. The average molecular weight is 338 g/mol. The van der Waals surface area contributed by atoms with Crippen LogP contribution < -0.4 is 15.6 Å². The lowest BCUT2D eigenvalue weighted by Gasteiger charge is -2.08. The van der Waals surface area contributed by atoms with E-state index in [-0.39, 0.29) is 23.8 Å². The van der Waals surface area contributed by atoms with E-state index in [2.05, 4.69) is 5.32 Å². The van der Waals surface area contributed by atoms with Gasteiger partial charge in [-0.2, -0.15) is 0 Å². The fourth-order valence-corrected chi connectivity index (χ4v) is 2.46. The molecule has 6 heteroatoms. The molecule has 0 bridgehead atoms. The molecule has 0 atom stereocenters. The number of nitrogens with one attached hydrogen (secondary N) is 1. The van der Waals surface area contributed by atoms with Gasteiger partial charge in [0.1, 0.15) is 11.5 Å². The molecule has 128 valence electrons. The normalized spacial score (nSPS) is 10.4. The fourth-order valence-electron chi connectivity index (χ4n) is 2.46. The summed E-state index contributed by atoms with van der Waals surface area (Å²) in [6.07, 6.45) is 1.67. The van der Waals surface area contributed by atoms with Gasteiger partial charge in [-0.25, -0.2) is 0 Å². The third kappa shape index (κ3) is 3.98. The number of hydrogen-bond acceptors (Lipinski definition) is 4. The van der Waals surface area contributed by atoms with Crippen molar-refractivity contribution in [1.29, 1.82) is 0 Å². The molecule has 1 aromatic carbocycles. The third-order valence-corrected chi connectivity index (χ3v) is 3.74. The number of methoxy groups -OCH3 is 1. The molecule has 1 amide bonds.